The van der Waals surface area contributed by atoms with E-state index < -0.39 is 23.5 Å². The molecule has 1 aromatic rings. The van der Waals surface area contributed by atoms with Crippen molar-refractivity contribution in [3.05, 3.63) is 29.8 Å². The minimum atomic E-state index is -5.91. The number of alkyl halides is 6. The van der Waals surface area contributed by atoms with E-state index in [2.05, 4.69) is 4.99 Å². The molecule has 1 aliphatic rings. The maximum absolute atomic E-state index is 12.8. The number of amidine groups is 1. The molecule has 134 valence electrons. The Kier molecular flexibility index (Phi) is 4.71. The molecule has 0 aromatic heterocycles. The number of hydrogen-bond acceptors (Lipinski definition) is 4. The molecular formula is C14H14F6N2O2. The average Bonchev–Trinajstić information content (AvgIpc) is 2.99. The first kappa shape index (κ1) is 18.4. The molecule has 0 aliphatic carbocycles. The molecule has 0 radical (unpaired) electrons. The molecular weight excluding hydrogens is 342 g/mol. The van der Waals surface area contributed by atoms with Crippen molar-refractivity contribution in [1.29, 1.82) is 0 Å². The quantitative estimate of drug-likeness (QED) is 0.846. The van der Waals surface area contributed by atoms with Crippen molar-refractivity contribution in [2.45, 2.75) is 24.9 Å². The first-order valence-electron chi connectivity index (χ1n) is 6.93. The zero-order chi connectivity index (χ0) is 18.2. The van der Waals surface area contributed by atoms with E-state index in [0.717, 1.165) is 12.1 Å². The number of nitrogens with zero attached hydrogens (tertiary/aromatic N) is 2. The normalized spacial score (nSPS) is 15.9. The van der Waals surface area contributed by atoms with Gasteiger partial charge in [-0.1, -0.05) is 12.1 Å². The fourth-order valence-corrected chi connectivity index (χ4v) is 2.29. The number of aliphatic imine (C=N–C) groups is 1. The minimum Gasteiger partial charge on any atom is -0.463 e. The van der Waals surface area contributed by atoms with Crippen molar-refractivity contribution < 1.29 is 36.2 Å². The van der Waals surface area contributed by atoms with Crippen LogP contribution in [0, 0.1) is 0 Å². The first-order valence-corrected chi connectivity index (χ1v) is 6.93. The summed E-state index contributed by atoms with van der Waals surface area (Å²) in [5, 5.41) is 9.34. The van der Waals surface area contributed by atoms with Crippen LogP contribution in [-0.4, -0.2) is 43.2 Å². The molecule has 2 rings (SSSR count). The van der Waals surface area contributed by atoms with Gasteiger partial charge < -0.3 is 9.84 Å². The third-order valence-corrected chi connectivity index (χ3v) is 3.53. The Morgan fingerprint density at radius 1 is 1.08 bits per heavy atom. The van der Waals surface area contributed by atoms with Gasteiger partial charge in [0.1, 0.15) is 6.61 Å². The zero-order valence-corrected chi connectivity index (χ0v) is 12.4. The lowest BCUT2D eigenvalue weighted by Crippen LogP contribution is -2.53. The van der Waals surface area contributed by atoms with Gasteiger partial charge >= 0.3 is 12.4 Å². The predicted octanol–water partition coefficient (Wildman–Crippen LogP) is 3.21. The number of halogens is 6. The minimum absolute atomic E-state index is 0.243. The zero-order valence-electron chi connectivity index (χ0n) is 12.4. The number of rotatable bonds is 3. The third kappa shape index (κ3) is 3.02. The van der Waals surface area contributed by atoms with E-state index in [0.29, 0.717) is 37.5 Å². The molecule has 1 aromatic carbocycles. The van der Waals surface area contributed by atoms with E-state index in [4.69, 9.17) is 4.74 Å². The lowest BCUT2D eigenvalue weighted by atomic mass is 9.92. The SMILES string of the molecule is CCN(C1=NCCO1)c1ccc(C(O)(C(F)(F)F)C(F)(F)F)cc1. The summed E-state index contributed by atoms with van der Waals surface area (Å²) in [5.41, 5.74) is -5.94. The van der Waals surface area contributed by atoms with Gasteiger partial charge in [-0.25, -0.2) is 4.99 Å². The third-order valence-electron chi connectivity index (χ3n) is 3.53. The van der Waals surface area contributed by atoms with Gasteiger partial charge in [0.05, 0.1) is 6.54 Å². The number of ether oxygens (including phenoxy) is 1. The van der Waals surface area contributed by atoms with Crippen LogP contribution in [0.25, 0.3) is 0 Å². The summed E-state index contributed by atoms with van der Waals surface area (Å²) in [6.45, 7) is 2.85. The van der Waals surface area contributed by atoms with Crippen molar-refractivity contribution >= 4 is 11.7 Å². The van der Waals surface area contributed by atoms with E-state index >= 15 is 0 Å². The van der Waals surface area contributed by atoms with Crippen LogP contribution in [0.2, 0.25) is 0 Å². The van der Waals surface area contributed by atoms with E-state index in [-0.39, 0.29) is 6.02 Å². The highest BCUT2D eigenvalue weighted by atomic mass is 19.4. The Bertz CT molecular complexity index is 595. The lowest BCUT2D eigenvalue weighted by Gasteiger charge is -2.33. The highest BCUT2D eigenvalue weighted by Gasteiger charge is 2.71. The molecule has 10 heteroatoms. The highest BCUT2D eigenvalue weighted by Crippen LogP contribution is 2.50. The molecule has 0 unspecified atom stereocenters. The van der Waals surface area contributed by atoms with Crippen LogP contribution in [0.3, 0.4) is 0 Å². The van der Waals surface area contributed by atoms with Crippen LogP contribution in [0.5, 0.6) is 0 Å². The number of anilines is 1. The van der Waals surface area contributed by atoms with Crippen LogP contribution < -0.4 is 4.90 Å². The molecule has 0 bridgehead atoms. The maximum Gasteiger partial charge on any atom is 0.430 e. The fourth-order valence-electron chi connectivity index (χ4n) is 2.29. The van der Waals surface area contributed by atoms with Crippen molar-refractivity contribution in [3.8, 4) is 0 Å². The average molecular weight is 356 g/mol. The lowest BCUT2D eigenvalue weighted by molar-refractivity contribution is -0.376. The molecule has 0 amide bonds. The molecule has 0 fully saturated rings. The summed E-state index contributed by atoms with van der Waals surface area (Å²) in [6, 6.07) is 3.52. The number of aliphatic hydroxyl groups is 1. The Morgan fingerprint density at radius 3 is 2.00 bits per heavy atom. The van der Waals surface area contributed by atoms with Crippen LogP contribution in [0.4, 0.5) is 32.0 Å². The van der Waals surface area contributed by atoms with Gasteiger partial charge in [-0.2, -0.15) is 26.3 Å². The van der Waals surface area contributed by atoms with Crippen LogP contribution >= 0.6 is 0 Å². The van der Waals surface area contributed by atoms with Gasteiger partial charge in [0, 0.05) is 17.8 Å². The van der Waals surface area contributed by atoms with Gasteiger partial charge in [0.25, 0.3) is 11.6 Å². The summed E-state index contributed by atoms with van der Waals surface area (Å²) in [7, 11) is 0. The summed E-state index contributed by atoms with van der Waals surface area (Å²) in [5.74, 6) is 0. The van der Waals surface area contributed by atoms with E-state index in [1.54, 1.807) is 6.92 Å². The molecule has 0 atom stereocenters. The maximum atomic E-state index is 12.8. The van der Waals surface area contributed by atoms with Crippen LogP contribution in [-0.2, 0) is 10.3 Å². The second kappa shape index (κ2) is 6.15. The smallest absolute Gasteiger partial charge is 0.430 e. The second-order valence-electron chi connectivity index (χ2n) is 5.01. The van der Waals surface area contributed by atoms with Gasteiger partial charge in [0.2, 0.25) is 0 Å². The molecule has 1 N–H and O–H groups in total. The highest BCUT2D eigenvalue weighted by molar-refractivity contribution is 5.92. The number of benzene rings is 1. The van der Waals surface area contributed by atoms with Crippen molar-refractivity contribution in [2.24, 2.45) is 4.99 Å². The van der Waals surface area contributed by atoms with E-state index in [9.17, 15) is 31.4 Å². The molecule has 0 spiro atoms. The number of hydrogen-bond donors (Lipinski definition) is 1. The summed E-state index contributed by atoms with van der Waals surface area (Å²) < 4.78 is 82.3. The molecule has 1 heterocycles. The molecule has 4 nitrogen and oxygen atoms in total. The van der Waals surface area contributed by atoms with Crippen LogP contribution in [0.1, 0.15) is 12.5 Å². The van der Waals surface area contributed by atoms with Gasteiger partial charge in [-0.3, -0.25) is 4.90 Å². The van der Waals surface area contributed by atoms with Crippen molar-refractivity contribution in [3.63, 3.8) is 0 Å². The van der Waals surface area contributed by atoms with Crippen molar-refractivity contribution in [2.75, 3.05) is 24.6 Å². The Morgan fingerprint density at radius 2 is 1.62 bits per heavy atom. The monoisotopic (exact) mass is 356 g/mol. The van der Waals surface area contributed by atoms with E-state index in [1.807, 2.05) is 0 Å². The Balaban J connectivity index is 2.40. The topological polar surface area (TPSA) is 45.1 Å². The summed E-state index contributed by atoms with van der Waals surface area (Å²) >= 11 is 0. The molecule has 0 saturated heterocycles. The molecule has 0 saturated carbocycles. The summed E-state index contributed by atoms with van der Waals surface area (Å²) in [6.07, 6.45) is -11.8. The Hall–Kier alpha value is -1.97. The molecule has 24 heavy (non-hydrogen) atoms. The first-order chi connectivity index (χ1) is 11.0. The van der Waals surface area contributed by atoms with Crippen LogP contribution in [0.15, 0.2) is 29.3 Å². The van der Waals surface area contributed by atoms with Gasteiger partial charge in [0.15, 0.2) is 0 Å². The van der Waals surface area contributed by atoms with Gasteiger partial charge in [-0.15, -0.1) is 0 Å². The molecule has 1 aliphatic heterocycles. The fraction of sp³-hybridized carbons (Fsp3) is 0.500. The van der Waals surface area contributed by atoms with Gasteiger partial charge in [-0.05, 0) is 19.1 Å². The second-order valence-corrected chi connectivity index (χ2v) is 5.01. The Labute approximate surface area is 133 Å². The standard InChI is InChI=1S/C14H14F6N2O2/c1-2-22(11-21-7-8-24-11)10-5-3-9(4-6-10)12(23,13(15,16)17)14(18,19)20/h3-6,23H,2,7-8H2,1H3. The largest absolute Gasteiger partial charge is 0.463 e. The van der Waals surface area contributed by atoms with Crippen molar-refractivity contribution in [1.82, 2.24) is 0 Å². The van der Waals surface area contributed by atoms with E-state index in [1.165, 1.54) is 4.90 Å². The predicted molar refractivity (Wildman–Crippen MR) is 73.7 cm³/mol. The summed E-state index contributed by atoms with van der Waals surface area (Å²) in [4.78, 5) is 5.54.